The minimum absolute atomic E-state index is 0.0821. The number of hydrogen-bond donors (Lipinski definition) is 1. The molecular formula is C28H56O6PS+. The fraction of sp³-hybridized carbons (Fsp3) is 0.964. The minimum atomic E-state index is -2.82. The summed E-state index contributed by atoms with van der Waals surface area (Å²) in [7, 11) is -1.68. The molecule has 4 unspecified atom stereocenters. The third kappa shape index (κ3) is 16.6. The van der Waals surface area contributed by atoms with Crippen molar-refractivity contribution in [2.75, 3.05) is 19.5 Å². The number of thioether (sulfide) groups is 1. The lowest BCUT2D eigenvalue weighted by Crippen LogP contribution is -2.40. The van der Waals surface area contributed by atoms with E-state index in [0.29, 0.717) is 6.42 Å². The summed E-state index contributed by atoms with van der Waals surface area (Å²) in [4.78, 5) is 12.1. The number of rotatable bonds is 26. The molecule has 0 saturated heterocycles. The molecule has 1 N–H and O–H groups in total. The molecule has 0 amide bonds. The predicted octanol–water partition coefficient (Wildman–Crippen LogP) is 8.76. The van der Waals surface area contributed by atoms with E-state index in [4.69, 9.17) is 9.26 Å². The van der Waals surface area contributed by atoms with Gasteiger partial charge in [-0.1, -0.05) is 111 Å². The second-order valence-corrected chi connectivity index (χ2v) is 12.5. The van der Waals surface area contributed by atoms with Crippen molar-refractivity contribution in [3.63, 3.8) is 0 Å². The van der Waals surface area contributed by atoms with Gasteiger partial charge in [-0.25, -0.2) is 4.79 Å². The first-order valence-electron chi connectivity index (χ1n) is 14.6. The zero-order chi connectivity index (χ0) is 27.1. The van der Waals surface area contributed by atoms with Gasteiger partial charge >= 0.3 is 19.5 Å². The van der Waals surface area contributed by atoms with Crippen LogP contribution in [0.25, 0.3) is 0 Å². The summed E-state index contributed by atoms with van der Waals surface area (Å²) < 4.78 is 28.5. The zero-order valence-electron chi connectivity index (χ0n) is 23.9. The van der Waals surface area contributed by atoms with Crippen molar-refractivity contribution in [3.05, 3.63) is 0 Å². The molecule has 214 valence electrons. The molecule has 6 nitrogen and oxygen atoms in total. The number of ether oxygens (including phenoxy) is 2. The monoisotopic (exact) mass is 551 g/mol. The normalized spacial score (nSPS) is 15.3. The predicted molar refractivity (Wildman–Crippen MR) is 153 cm³/mol. The molecule has 0 aromatic carbocycles. The van der Waals surface area contributed by atoms with Crippen LogP contribution >= 0.6 is 19.8 Å². The van der Waals surface area contributed by atoms with Crippen LogP contribution in [0.15, 0.2) is 0 Å². The first-order chi connectivity index (χ1) is 17.4. The van der Waals surface area contributed by atoms with Gasteiger partial charge in [0.2, 0.25) is 0 Å². The van der Waals surface area contributed by atoms with E-state index in [1.807, 2.05) is 25.6 Å². The second kappa shape index (κ2) is 23.9. The van der Waals surface area contributed by atoms with Crippen LogP contribution in [-0.2, 0) is 23.4 Å². The second-order valence-electron chi connectivity index (χ2n) is 9.81. The lowest BCUT2D eigenvalue weighted by atomic mass is 10.1. The smallest absolute Gasteiger partial charge is 0.461 e. The van der Waals surface area contributed by atoms with E-state index in [9.17, 15) is 14.5 Å². The maximum atomic E-state index is 12.9. The van der Waals surface area contributed by atoms with Crippen molar-refractivity contribution in [2.45, 2.75) is 154 Å². The summed E-state index contributed by atoms with van der Waals surface area (Å²) in [5.74, 6) is -0.0489. The van der Waals surface area contributed by atoms with Crippen LogP contribution in [0.1, 0.15) is 137 Å². The molecule has 0 rings (SSSR count). The molecule has 0 aliphatic carbocycles. The molecule has 8 heteroatoms. The van der Waals surface area contributed by atoms with Crippen LogP contribution in [0, 0.1) is 0 Å². The first kappa shape index (κ1) is 35.8. The van der Waals surface area contributed by atoms with Crippen molar-refractivity contribution in [1.82, 2.24) is 0 Å². The Hall–Kier alpha value is -0.200. The molecule has 0 saturated carbocycles. The van der Waals surface area contributed by atoms with Gasteiger partial charge in [-0.3, -0.25) is 4.74 Å². The molecule has 0 aromatic rings. The first-order valence-corrected chi connectivity index (χ1v) is 16.8. The SMILES string of the molecule is CCCCCCCCCCCCSC(CCCCCCC)C(C)O[P+](=O)C(O)(OCCC)C(=O)OC. The molecule has 0 radical (unpaired) electrons. The van der Waals surface area contributed by atoms with E-state index in [0.717, 1.165) is 32.1 Å². The standard InChI is InChI=1S/C28H56O6PS/c1-6-9-11-13-14-15-16-17-19-21-24-36-26(22-20-18-12-10-7-2)25(4)34-35(31)28(30,27(29)32-5)33-23-8-3/h25-26,30H,6-24H2,1-5H3/q+1. The molecular weight excluding hydrogens is 495 g/mol. The third-order valence-electron chi connectivity index (χ3n) is 6.41. The largest absolute Gasteiger partial charge is 0.589 e. The van der Waals surface area contributed by atoms with Crippen molar-refractivity contribution < 1.29 is 28.5 Å². The molecule has 0 aliphatic rings. The summed E-state index contributed by atoms with van der Waals surface area (Å²) in [5.41, 5.74) is -2.57. The molecule has 36 heavy (non-hydrogen) atoms. The lowest BCUT2D eigenvalue weighted by Gasteiger charge is -2.21. The van der Waals surface area contributed by atoms with E-state index in [1.54, 1.807) is 0 Å². The van der Waals surface area contributed by atoms with Gasteiger partial charge in [0, 0.05) is 5.25 Å². The zero-order valence-corrected chi connectivity index (χ0v) is 25.6. The Labute approximate surface area is 227 Å². The van der Waals surface area contributed by atoms with Crippen molar-refractivity contribution in [3.8, 4) is 0 Å². The van der Waals surface area contributed by atoms with E-state index in [1.165, 1.54) is 83.5 Å². The average Bonchev–Trinajstić information content (AvgIpc) is 2.88. The fourth-order valence-electron chi connectivity index (χ4n) is 4.08. The number of aliphatic hydroxyl groups is 1. The van der Waals surface area contributed by atoms with Gasteiger partial charge in [-0.15, -0.1) is 4.52 Å². The van der Waals surface area contributed by atoms with Gasteiger partial charge in [0.05, 0.1) is 13.7 Å². The number of hydrogen-bond acceptors (Lipinski definition) is 7. The highest BCUT2D eigenvalue weighted by Crippen LogP contribution is 2.43. The minimum Gasteiger partial charge on any atom is -0.461 e. The Balaban J connectivity index is 4.67. The molecule has 0 bridgehead atoms. The number of esters is 1. The van der Waals surface area contributed by atoms with E-state index >= 15 is 0 Å². The van der Waals surface area contributed by atoms with Crippen LogP contribution in [0.4, 0.5) is 0 Å². The maximum absolute atomic E-state index is 12.9. The van der Waals surface area contributed by atoms with Crippen molar-refractivity contribution in [1.29, 1.82) is 0 Å². The van der Waals surface area contributed by atoms with Crippen LogP contribution in [0.5, 0.6) is 0 Å². The highest BCUT2D eigenvalue weighted by Gasteiger charge is 2.62. The summed E-state index contributed by atoms with van der Waals surface area (Å²) in [6.07, 6.45) is 20.2. The Bertz CT molecular complexity index is 550. The molecule has 0 aromatic heterocycles. The molecule has 0 spiro atoms. The summed E-state index contributed by atoms with van der Waals surface area (Å²) in [6, 6.07) is 0. The molecule has 0 aliphatic heterocycles. The van der Waals surface area contributed by atoms with Crippen LogP contribution in [0.3, 0.4) is 0 Å². The van der Waals surface area contributed by atoms with Gasteiger partial charge in [0.25, 0.3) is 0 Å². The topological polar surface area (TPSA) is 82.1 Å². The Kier molecular flexibility index (Phi) is 23.8. The number of unbranched alkanes of at least 4 members (excludes halogenated alkanes) is 13. The summed E-state index contributed by atoms with van der Waals surface area (Å²) >= 11 is 1.86. The molecule has 4 atom stereocenters. The highest BCUT2D eigenvalue weighted by atomic mass is 32.2. The van der Waals surface area contributed by atoms with Gasteiger partial charge in [-0.2, -0.15) is 11.8 Å². The van der Waals surface area contributed by atoms with E-state index < -0.39 is 19.5 Å². The third-order valence-corrected chi connectivity index (χ3v) is 9.32. The van der Waals surface area contributed by atoms with Crippen LogP contribution in [-0.4, -0.2) is 47.4 Å². The van der Waals surface area contributed by atoms with Crippen molar-refractivity contribution in [2.24, 2.45) is 0 Å². The van der Waals surface area contributed by atoms with Gasteiger partial charge in [0.15, 0.2) is 0 Å². The maximum Gasteiger partial charge on any atom is 0.589 e. The summed E-state index contributed by atoms with van der Waals surface area (Å²) in [6.45, 7) is 8.27. The quantitative estimate of drug-likeness (QED) is 0.0498. The molecule has 0 heterocycles. The Morgan fingerprint density at radius 3 is 1.83 bits per heavy atom. The van der Waals surface area contributed by atoms with Gasteiger partial charge < -0.3 is 9.84 Å². The Morgan fingerprint density at radius 2 is 1.33 bits per heavy atom. The van der Waals surface area contributed by atoms with E-state index in [-0.39, 0.29) is 18.0 Å². The molecule has 0 fully saturated rings. The number of carbonyl (C=O) groups is 1. The van der Waals surface area contributed by atoms with Crippen molar-refractivity contribution >= 4 is 25.8 Å². The summed E-state index contributed by atoms with van der Waals surface area (Å²) in [5, 5.41) is 10.8. The number of methoxy groups -OCH3 is 1. The number of carbonyl (C=O) groups excluding carboxylic acids is 1. The van der Waals surface area contributed by atoms with Crippen LogP contribution in [0.2, 0.25) is 0 Å². The van der Waals surface area contributed by atoms with E-state index in [2.05, 4.69) is 18.6 Å². The lowest BCUT2D eigenvalue weighted by molar-refractivity contribution is -0.196. The fourth-order valence-corrected chi connectivity index (χ4v) is 6.53. The average molecular weight is 552 g/mol. The van der Waals surface area contributed by atoms with Gasteiger partial charge in [0.1, 0.15) is 6.10 Å². The van der Waals surface area contributed by atoms with Crippen LogP contribution < -0.4 is 0 Å². The van der Waals surface area contributed by atoms with Gasteiger partial charge in [-0.05, 0) is 36.5 Å². The Morgan fingerprint density at radius 1 is 0.833 bits per heavy atom. The highest BCUT2D eigenvalue weighted by molar-refractivity contribution is 7.99.